The van der Waals surface area contributed by atoms with Crippen LogP contribution in [-0.4, -0.2) is 44.7 Å². The van der Waals surface area contributed by atoms with E-state index in [4.69, 9.17) is 10.5 Å². The van der Waals surface area contributed by atoms with Crippen LogP contribution < -0.4 is 5.73 Å². The number of likely N-dealkylation sites (N-methyl/N-ethyl adjacent to an activating group) is 1. The minimum atomic E-state index is -0.237. The molecule has 0 bridgehead atoms. The molecule has 0 aliphatic carbocycles. The molecule has 1 atom stereocenters. The van der Waals surface area contributed by atoms with E-state index in [1.165, 1.54) is 7.11 Å². The summed E-state index contributed by atoms with van der Waals surface area (Å²) in [5.41, 5.74) is 6.48. The molecule has 4 nitrogen and oxygen atoms in total. The van der Waals surface area contributed by atoms with Crippen molar-refractivity contribution in [2.75, 3.05) is 33.8 Å². The van der Waals surface area contributed by atoms with Crippen molar-refractivity contribution in [3.63, 3.8) is 0 Å². The van der Waals surface area contributed by atoms with Gasteiger partial charge in [0.1, 0.15) is 0 Å². The third kappa shape index (κ3) is 4.47. The second-order valence-corrected chi connectivity index (χ2v) is 4.39. The van der Waals surface area contributed by atoms with E-state index in [1.807, 2.05) is 37.4 Å². The number of benzene rings is 1. The number of nitrogens with two attached hydrogens (primary N) is 1. The summed E-state index contributed by atoms with van der Waals surface area (Å²) in [5.74, 6) is -0.431. The summed E-state index contributed by atoms with van der Waals surface area (Å²) in [6.45, 7) is 2.20. The van der Waals surface area contributed by atoms with Gasteiger partial charge >= 0.3 is 5.97 Å². The lowest BCUT2D eigenvalue weighted by Crippen LogP contribution is -2.31. The fourth-order valence-electron chi connectivity index (χ4n) is 1.91. The molecule has 4 heteroatoms. The summed E-state index contributed by atoms with van der Waals surface area (Å²) in [5, 5.41) is 0. The van der Waals surface area contributed by atoms with Crippen molar-refractivity contribution >= 4 is 5.97 Å². The lowest BCUT2D eigenvalue weighted by molar-refractivity contribution is -0.142. The fraction of sp³-hybridized carbons (Fsp3) is 0.500. The molecule has 0 spiro atoms. The summed E-state index contributed by atoms with van der Waals surface area (Å²) in [4.78, 5) is 14.0. The van der Waals surface area contributed by atoms with Gasteiger partial charge in [0.05, 0.1) is 13.0 Å². The van der Waals surface area contributed by atoms with Gasteiger partial charge in [-0.15, -0.1) is 0 Å². The quantitative estimate of drug-likeness (QED) is 0.739. The minimum absolute atomic E-state index is 0.194. The Hall–Kier alpha value is -1.39. The molecule has 0 aromatic heterocycles. The standard InChI is InChI=1S/C14H22N2O2/c1-16(10-6-9-15)11-13(14(17)18-2)12-7-4-3-5-8-12/h3-5,7-8,13H,6,9-11,15H2,1-2H3. The molecule has 0 aliphatic rings. The van der Waals surface area contributed by atoms with E-state index < -0.39 is 0 Å². The van der Waals surface area contributed by atoms with Crippen LogP contribution in [0.4, 0.5) is 0 Å². The van der Waals surface area contributed by atoms with E-state index in [-0.39, 0.29) is 11.9 Å². The lowest BCUT2D eigenvalue weighted by Gasteiger charge is -2.22. The van der Waals surface area contributed by atoms with E-state index in [0.717, 1.165) is 18.5 Å². The number of carbonyl (C=O) groups is 1. The van der Waals surface area contributed by atoms with Gasteiger partial charge in [-0.3, -0.25) is 4.79 Å². The second-order valence-electron chi connectivity index (χ2n) is 4.39. The molecular weight excluding hydrogens is 228 g/mol. The average molecular weight is 250 g/mol. The van der Waals surface area contributed by atoms with Gasteiger partial charge in [-0.1, -0.05) is 30.3 Å². The highest BCUT2D eigenvalue weighted by molar-refractivity contribution is 5.78. The number of ether oxygens (including phenoxy) is 1. The third-order valence-corrected chi connectivity index (χ3v) is 2.93. The van der Waals surface area contributed by atoms with Crippen molar-refractivity contribution < 1.29 is 9.53 Å². The maximum atomic E-state index is 11.8. The molecule has 0 amide bonds. The van der Waals surface area contributed by atoms with Crippen molar-refractivity contribution in [2.45, 2.75) is 12.3 Å². The first-order valence-electron chi connectivity index (χ1n) is 6.20. The molecule has 0 saturated carbocycles. The minimum Gasteiger partial charge on any atom is -0.469 e. The summed E-state index contributed by atoms with van der Waals surface area (Å²) in [6, 6.07) is 9.73. The number of esters is 1. The molecule has 0 heterocycles. The Morgan fingerprint density at radius 3 is 2.61 bits per heavy atom. The van der Waals surface area contributed by atoms with E-state index >= 15 is 0 Å². The number of methoxy groups -OCH3 is 1. The molecular formula is C14H22N2O2. The summed E-state index contributed by atoms with van der Waals surface area (Å²) in [6.07, 6.45) is 0.930. The Morgan fingerprint density at radius 1 is 1.39 bits per heavy atom. The van der Waals surface area contributed by atoms with Crippen LogP contribution in [0.3, 0.4) is 0 Å². The average Bonchev–Trinajstić information content (AvgIpc) is 2.42. The topological polar surface area (TPSA) is 55.6 Å². The Labute approximate surface area is 109 Å². The maximum absolute atomic E-state index is 11.8. The highest BCUT2D eigenvalue weighted by atomic mass is 16.5. The molecule has 100 valence electrons. The fourth-order valence-corrected chi connectivity index (χ4v) is 1.91. The molecule has 0 aliphatic heterocycles. The van der Waals surface area contributed by atoms with Crippen molar-refractivity contribution in [2.24, 2.45) is 5.73 Å². The number of carbonyl (C=O) groups excluding carboxylic acids is 1. The van der Waals surface area contributed by atoms with Gasteiger partial charge in [-0.2, -0.15) is 0 Å². The third-order valence-electron chi connectivity index (χ3n) is 2.93. The second kappa shape index (κ2) is 7.84. The first-order chi connectivity index (χ1) is 8.69. The van der Waals surface area contributed by atoms with Gasteiger partial charge in [-0.25, -0.2) is 0 Å². The Bertz CT molecular complexity index is 354. The van der Waals surface area contributed by atoms with Crippen molar-refractivity contribution in [1.29, 1.82) is 0 Å². The van der Waals surface area contributed by atoms with Crippen LogP contribution in [0, 0.1) is 0 Å². The first-order valence-corrected chi connectivity index (χ1v) is 6.20. The number of nitrogens with zero attached hydrogens (tertiary/aromatic N) is 1. The van der Waals surface area contributed by atoms with Crippen LogP contribution in [0.5, 0.6) is 0 Å². The zero-order chi connectivity index (χ0) is 13.4. The van der Waals surface area contributed by atoms with Crippen molar-refractivity contribution in [1.82, 2.24) is 4.90 Å². The number of hydrogen-bond acceptors (Lipinski definition) is 4. The monoisotopic (exact) mass is 250 g/mol. The largest absolute Gasteiger partial charge is 0.469 e. The van der Waals surface area contributed by atoms with Gasteiger partial charge in [0, 0.05) is 6.54 Å². The van der Waals surface area contributed by atoms with E-state index in [2.05, 4.69) is 4.90 Å². The highest BCUT2D eigenvalue weighted by Crippen LogP contribution is 2.18. The summed E-state index contributed by atoms with van der Waals surface area (Å²) >= 11 is 0. The highest BCUT2D eigenvalue weighted by Gasteiger charge is 2.22. The molecule has 1 unspecified atom stereocenters. The molecule has 2 N–H and O–H groups in total. The van der Waals surface area contributed by atoms with Crippen LogP contribution in [0.1, 0.15) is 17.9 Å². The van der Waals surface area contributed by atoms with Crippen LogP contribution in [0.15, 0.2) is 30.3 Å². The first kappa shape index (κ1) is 14.7. The molecule has 18 heavy (non-hydrogen) atoms. The zero-order valence-electron chi connectivity index (χ0n) is 11.1. The predicted molar refractivity (Wildman–Crippen MR) is 72.4 cm³/mol. The van der Waals surface area contributed by atoms with Crippen LogP contribution in [0.2, 0.25) is 0 Å². The molecule has 0 fully saturated rings. The van der Waals surface area contributed by atoms with Crippen LogP contribution in [0.25, 0.3) is 0 Å². The van der Waals surface area contributed by atoms with Gasteiger partial charge in [-0.05, 0) is 32.1 Å². The SMILES string of the molecule is COC(=O)C(CN(C)CCCN)c1ccccc1. The zero-order valence-corrected chi connectivity index (χ0v) is 11.1. The normalized spacial score (nSPS) is 12.4. The number of rotatable bonds is 7. The maximum Gasteiger partial charge on any atom is 0.314 e. The summed E-state index contributed by atoms with van der Waals surface area (Å²) in [7, 11) is 3.42. The van der Waals surface area contributed by atoms with E-state index in [9.17, 15) is 4.79 Å². The summed E-state index contributed by atoms with van der Waals surface area (Å²) < 4.78 is 4.88. The van der Waals surface area contributed by atoms with Gasteiger partial charge in [0.15, 0.2) is 0 Å². The Balaban J connectivity index is 2.71. The van der Waals surface area contributed by atoms with Gasteiger partial charge < -0.3 is 15.4 Å². The smallest absolute Gasteiger partial charge is 0.314 e. The molecule has 1 rings (SSSR count). The van der Waals surface area contributed by atoms with Crippen LogP contribution >= 0.6 is 0 Å². The molecule has 0 radical (unpaired) electrons. The molecule has 0 saturated heterocycles. The van der Waals surface area contributed by atoms with Gasteiger partial charge in [0.25, 0.3) is 0 Å². The number of hydrogen-bond donors (Lipinski definition) is 1. The predicted octanol–water partition coefficient (Wildman–Crippen LogP) is 1.22. The van der Waals surface area contributed by atoms with Crippen molar-refractivity contribution in [3.8, 4) is 0 Å². The lowest BCUT2D eigenvalue weighted by atomic mass is 9.98. The van der Waals surface area contributed by atoms with E-state index in [0.29, 0.717) is 13.1 Å². The van der Waals surface area contributed by atoms with Crippen molar-refractivity contribution in [3.05, 3.63) is 35.9 Å². The molecule has 1 aromatic carbocycles. The Morgan fingerprint density at radius 2 is 2.06 bits per heavy atom. The Kier molecular flexibility index (Phi) is 6.39. The van der Waals surface area contributed by atoms with Gasteiger partial charge in [0.2, 0.25) is 0 Å². The van der Waals surface area contributed by atoms with E-state index in [1.54, 1.807) is 0 Å². The molecule has 1 aromatic rings. The van der Waals surface area contributed by atoms with Crippen LogP contribution in [-0.2, 0) is 9.53 Å².